The van der Waals surface area contributed by atoms with E-state index < -0.39 is 11.7 Å². The van der Waals surface area contributed by atoms with Gasteiger partial charge in [0.25, 0.3) is 0 Å². The van der Waals surface area contributed by atoms with Crippen molar-refractivity contribution in [2.75, 3.05) is 63.1 Å². The molecule has 2 atom stereocenters. The number of halogens is 3. The molecule has 2 aromatic carbocycles. The Balaban J connectivity index is 0.978. The van der Waals surface area contributed by atoms with E-state index in [2.05, 4.69) is 44.1 Å². The standard InChI is InChI=1S/C29H38F3N5OS/c1-33-39-27-10-6-24(7-11-27)34-25-12-15-36(16-13-25)28(38)3-2-14-35-17-21-19-37(20-22(21)18-35)26-8-4-23(5-9-26)29(30,31)32/h4-11,21-22,25,33-34H,2-3,12-20H2,1H3. The number of amides is 1. The number of piperidine rings is 1. The SMILES string of the molecule is CNSc1ccc(NC2CCN(C(=O)CCCN3CC4CN(c5ccc(C(F)(F)F)cc5)CC4C3)CC2)cc1. The summed E-state index contributed by atoms with van der Waals surface area (Å²) in [7, 11) is 1.91. The second kappa shape index (κ2) is 12.4. The molecular weight excluding hydrogens is 523 g/mol. The highest BCUT2D eigenvalue weighted by Gasteiger charge is 2.40. The number of carbonyl (C=O) groups is 1. The van der Waals surface area contributed by atoms with Crippen LogP contribution in [0.5, 0.6) is 0 Å². The van der Waals surface area contributed by atoms with Gasteiger partial charge in [-0.25, -0.2) is 0 Å². The topological polar surface area (TPSA) is 50.9 Å². The van der Waals surface area contributed by atoms with Crippen molar-refractivity contribution >= 4 is 29.2 Å². The van der Waals surface area contributed by atoms with Crippen molar-refractivity contribution in [3.05, 3.63) is 54.1 Å². The maximum Gasteiger partial charge on any atom is 0.416 e. The summed E-state index contributed by atoms with van der Waals surface area (Å²) in [4.78, 5) is 20.7. The highest BCUT2D eigenvalue weighted by atomic mass is 32.2. The molecule has 212 valence electrons. The first kappa shape index (κ1) is 28.1. The number of nitrogens with one attached hydrogen (secondary N) is 2. The predicted octanol–water partition coefficient (Wildman–Crippen LogP) is 5.18. The van der Waals surface area contributed by atoms with Crippen LogP contribution in [-0.2, 0) is 11.0 Å². The molecule has 3 saturated heterocycles. The maximum atomic E-state index is 12.9. The van der Waals surface area contributed by atoms with E-state index in [0.717, 1.165) is 76.5 Å². The molecule has 0 spiro atoms. The fraction of sp³-hybridized carbons (Fsp3) is 0.552. The molecule has 0 radical (unpaired) electrons. The van der Waals surface area contributed by atoms with Crippen molar-refractivity contribution in [3.63, 3.8) is 0 Å². The molecule has 6 nitrogen and oxygen atoms in total. The van der Waals surface area contributed by atoms with Crippen LogP contribution in [0, 0.1) is 11.8 Å². The summed E-state index contributed by atoms with van der Waals surface area (Å²) in [6.07, 6.45) is -0.913. The average molecular weight is 562 g/mol. The van der Waals surface area contributed by atoms with Gasteiger partial charge in [-0.1, -0.05) is 0 Å². The molecule has 3 aliphatic rings. The Kier molecular flexibility index (Phi) is 8.93. The number of benzene rings is 2. The average Bonchev–Trinajstić information content (AvgIpc) is 3.49. The normalized spacial score (nSPS) is 22.4. The molecule has 0 aromatic heterocycles. The van der Waals surface area contributed by atoms with Crippen LogP contribution >= 0.6 is 11.9 Å². The van der Waals surface area contributed by atoms with Gasteiger partial charge in [0.05, 0.1) is 5.56 Å². The van der Waals surface area contributed by atoms with Gasteiger partial charge in [0.2, 0.25) is 5.91 Å². The smallest absolute Gasteiger partial charge is 0.382 e. The third-order valence-corrected chi connectivity index (χ3v) is 8.99. The van der Waals surface area contributed by atoms with Crippen LogP contribution < -0.4 is 14.9 Å². The summed E-state index contributed by atoms with van der Waals surface area (Å²) in [5.74, 6) is 1.33. The molecule has 3 fully saturated rings. The summed E-state index contributed by atoms with van der Waals surface area (Å²) >= 11 is 1.60. The number of anilines is 2. The van der Waals surface area contributed by atoms with Crippen LogP contribution in [0.1, 0.15) is 31.2 Å². The molecule has 2 aromatic rings. The van der Waals surface area contributed by atoms with Gasteiger partial charge >= 0.3 is 6.18 Å². The Hall–Kier alpha value is -2.43. The number of hydrogen-bond donors (Lipinski definition) is 2. The number of hydrogen-bond acceptors (Lipinski definition) is 6. The van der Waals surface area contributed by atoms with E-state index in [1.165, 1.54) is 17.0 Å². The summed E-state index contributed by atoms with van der Waals surface area (Å²) in [5.41, 5.74) is 1.39. The lowest BCUT2D eigenvalue weighted by atomic mass is 10.0. The predicted molar refractivity (Wildman–Crippen MR) is 151 cm³/mol. The van der Waals surface area contributed by atoms with Crippen LogP contribution in [0.2, 0.25) is 0 Å². The first-order valence-corrected chi connectivity index (χ1v) is 14.7. The number of carbonyl (C=O) groups excluding carboxylic acids is 1. The van der Waals surface area contributed by atoms with Crippen LogP contribution in [0.25, 0.3) is 0 Å². The highest BCUT2D eigenvalue weighted by molar-refractivity contribution is 7.97. The van der Waals surface area contributed by atoms with Crippen molar-refractivity contribution in [2.45, 2.75) is 42.8 Å². The first-order chi connectivity index (χ1) is 18.8. The number of alkyl halides is 3. The van der Waals surface area contributed by atoms with Gasteiger partial charge in [0, 0.05) is 68.0 Å². The van der Waals surface area contributed by atoms with Gasteiger partial charge in [-0.3, -0.25) is 9.52 Å². The fourth-order valence-corrected chi connectivity index (χ4v) is 6.71. The quantitative estimate of drug-likeness (QED) is 0.412. The third kappa shape index (κ3) is 7.21. The minimum atomic E-state index is -4.30. The largest absolute Gasteiger partial charge is 0.416 e. The molecule has 3 heterocycles. The zero-order valence-electron chi connectivity index (χ0n) is 22.4. The van der Waals surface area contributed by atoms with E-state index in [1.54, 1.807) is 24.1 Å². The lowest BCUT2D eigenvalue weighted by Crippen LogP contribution is -2.42. The van der Waals surface area contributed by atoms with Gasteiger partial charge in [-0.2, -0.15) is 13.2 Å². The summed E-state index contributed by atoms with van der Waals surface area (Å²) < 4.78 is 41.6. The second-order valence-electron chi connectivity index (χ2n) is 11.0. The summed E-state index contributed by atoms with van der Waals surface area (Å²) in [6.45, 7) is 6.30. The number of fused-ring (bicyclic) bond motifs is 1. The molecule has 1 amide bonds. The Labute approximate surface area is 233 Å². The van der Waals surface area contributed by atoms with Crippen molar-refractivity contribution in [1.82, 2.24) is 14.5 Å². The molecule has 39 heavy (non-hydrogen) atoms. The van der Waals surface area contributed by atoms with Crippen LogP contribution in [0.4, 0.5) is 24.5 Å². The lowest BCUT2D eigenvalue weighted by molar-refractivity contribution is -0.137. The monoisotopic (exact) mass is 561 g/mol. The van der Waals surface area contributed by atoms with E-state index in [0.29, 0.717) is 24.3 Å². The fourth-order valence-electron chi connectivity index (χ4n) is 6.20. The number of likely N-dealkylation sites (tertiary alicyclic amines) is 2. The first-order valence-electron chi connectivity index (χ1n) is 13.9. The van der Waals surface area contributed by atoms with Crippen molar-refractivity contribution in [2.24, 2.45) is 11.8 Å². The molecule has 0 aliphatic carbocycles. The summed E-state index contributed by atoms with van der Waals surface area (Å²) in [6, 6.07) is 14.3. The molecular formula is C29H38F3N5OS. The maximum absolute atomic E-state index is 12.9. The van der Waals surface area contributed by atoms with Crippen molar-refractivity contribution in [1.29, 1.82) is 0 Å². The molecule has 0 bridgehead atoms. The zero-order chi connectivity index (χ0) is 27.4. The van der Waals surface area contributed by atoms with E-state index in [-0.39, 0.29) is 5.91 Å². The van der Waals surface area contributed by atoms with Crippen molar-refractivity contribution < 1.29 is 18.0 Å². The van der Waals surface area contributed by atoms with Gasteiger partial charge in [0.15, 0.2) is 0 Å². The Morgan fingerprint density at radius 1 is 0.949 bits per heavy atom. The van der Waals surface area contributed by atoms with Gasteiger partial charge < -0.3 is 20.0 Å². The zero-order valence-corrected chi connectivity index (χ0v) is 23.2. The Morgan fingerprint density at radius 2 is 1.59 bits per heavy atom. The number of rotatable bonds is 9. The van der Waals surface area contributed by atoms with Crippen LogP contribution in [-0.4, -0.2) is 74.6 Å². The van der Waals surface area contributed by atoms with E-state index in [9.17, 15) is 18.0 Å². The minimum Gasteiger partial charge on any atom is -0.382 e. The second-order valence-corrected chi connectivity index (χ2v) is 12.0. The van der Waals surface area contributed by atoms with Gasteiger partial charge in [0.1, 0.15) is 0 Å². The minimum absolute atomic E-state index is 0.259. The van der Waals surface area contributed by atoms with E-state index in [1.807, 2.05) is 11.9 Å². The number of nitrogens with zero attached hydrogens (tertiary/aromatic N) is 3. The molecule has 3 aliphatic heterocycles. The Bertz CT molecular complexity index is 1080. The van der Waals surface area contributed by atoms with E-state index in [4.69, 9.17) is 0 Å². The van der Waals surface area contributed by atoms with E-state index >= 15 is 0 Å². The van der Waals surface area contributed by atoms with Crippen LogP contribution in [0.3, 0.4) is 0 Å². The van der Waals surface area contributed by atoms with Gasteiger partial charge in [-0.15, -0.1) is 0 Å². The van der Waals surface area contributed by atoms with Gasteiger partial charge in [-0.05, 0) is 105 Å². The molecule has 2 unspecified atom stereocenters. The molecule has 10 heteroatoms. The third-order valence-electron chi connectivity index (χ3n) is 8.28. The Morgan fingerprint density at radius 3 is 2.18 bits per heavy atom. The highest BCUT2D eigenvalue weighted by Crippen LogP contribution is 2.36. The molecule has 0 saturated carbocycles. The molecule has 2 N–H and O–H groups in total. The summed E-state index contributed by atoms with van der Waals surface area (Å²) in [5, 5.41) is 3.61. The van der Waals surface area contributed by atoms with Crippen molar-refractivity contribution in [3.8, 4) is 0 Å². The van der Waals surface area contributed by atoms with Crippen LogP contribution in [0.15, 0.2) is 53.4 Å². The molecule has 5 rings (SSSR count). The lowest BCUT2D eigenvalue weighted by Gasteiger charge is -2.33.